The van der Waals surface area contributed by atoms with E-state index >= 15 is 0 Å². The van der Waals surface area contributed by atoms with Crippen LogP contribution in [0, 0.1) is 5.92 Å². The summed E-state index contributed by atoms with van der Waals surface area (Å²) >= 11 is 0. The average molecular weight is 251 g/mol. The Morgan fingerprint density at radius 3 is 2.39 bits per heavy atom. The van der Waals surface area contributed by atoms with Gasteiger partial charge in [-0.3, -0.25) is 0 Å². The van der Waals surface area contributed by atoms with Crippen molar-refractivity contribution in [2.24, 2.45) is 11.7 Å². The van der Waals surface area contributed by atoms with Gasteiger partial charge in [-0.05, 0) is 30.5 Å². The lowest BCUT2D eigenvalue weighted by atomic mass is 9.98. The minimum absolute atomic E-state index is 0.00815. The van der Waals surface area contributed by atoms with Gasteiger partial charge >= 0.3 is 0 Å². The fourth-order valence-corrected chi connectivity index (χ4v) is 2.03. The molecular weight excluding hydrogens is 226 g/mol. The summed E-state index contributed by atoms with van der Waals surface area (Å²) in [4.78, 5) is 0. The molecule has 3 nitrogen and oxygen atoms in total. The molecule has 0 bridgehead atoms. The summed E-state index contributed by atoms with van der Waals surface area (Å²) in [6.45, 7) is 4.47. The zero-order valence-electron chi connectivity index (χ0n) is 11.9. The Balaban J connectivity index is 2.72. The van der Waals surface area contributed by atoms with Gasteiger partial charge in [0.05, 0.1) is 14.2 Å². The van der Waals surface area contributed by atoms with Gasteiger partial charge in [0.25, 0.3) is 0 Å². The first-order valence-electron chi connectivity index (χ1n) is 6.56. The molecule has 1 atom stereocenters. The molecule has 0 heterocycles. The zero-order chi connectivity index (χ0) is 13.5. The Bertz CT molecular complexity index is 364. The van der Waals surface area contributed by atoms with Crippen LogP contribution in [0.3, 0.4) is 0 Å². The second-order valence-corrected chi connectivity index (χ2v) is 5.04. The van der Waals surface area contributed by atoms with Crippen LogP contribution in [0.15, 0.2) is 18.2 Å². The van der Waals surface area contributed by atoms with Crippen molar-refractivity contribution in [2.75, 3.05) is 14.2 Å². The van der Waals surface area contributed by atoms with Crippen LogP contribution in [-0.2, 0) is 0 Å². The molecule has 1 unspecified atom stereocenters. The predicted octanol–water partition coefficient (Wildman–Crippen LogP) is 3.53. The molecule has 1 rings (SSSR count). The highest BCUT2D eigenvalue weighted by atomic mass is 16.5. The summed E-state index contributed by atoms with van der Waals surface area (Å²) in [5.74, 6) is 2.39. The number of hydrogen-bond acceptors (Lipinski definition) is 3. The molecule has 0 amide bonds. The summed E-state index contributed by atoms with van der Waals surface area (Å²) in [5, 5.41) is 0. The van der Waals surface area contributed by atoms with Crippen LogP contribution in [-0.4, -0.2) is 14.2 Å². The maximum Gasteiger partial charge on any atom is 0.123 e. The van der Waals surface area contributed by atoms with Crippen molar-refractivity contribution in [1.29, 1.82) is 0 Å². The minimum atomic E-state index is 0.00815. The smallest absolute Gasteiger partial charge is 0.123 e. The van der Waals surface area contributed by atoms with Crippen molar-refractivity contribution in [3.63, 3.8) is 0 Å². The molecule has 0 saturated heterocycles. The highest BCUT2D eigenvalue weighted by molar-refractivity contribution is 5.42. The van der Waals surface area contributed by atoms with Gasteiger partial charge in [-0.1, -0.05) is 26.7 Å². The van der Waals surface area contributed by atoms with Crippen molar-refractivity contribution in [3.8, 4) is 11.5 Å². The molecule has 0 saturated carbocycles. The van der Waals surface area contributed by atoms with Crippen molar-refractivity contribution in [2.45, 2.75) is 39.2 Å². The maximum atomic E-state index is 6.25. The Morgan fingerprint density at radius 1 is 1.11 bits per heavy atom. The molecule has 18 heavy (non-hydrogen) atoms. The molecule has 0 aliphatic heterocycles. The number of methoxy groups -OCH3 is 2. The molecule has 1 aromatic rings. The van der Waals surface area contributed by atoms with Crippen LogP contribution in [0.5, 0.6) is 11.5 Å². The second-order valence-electron chi connectivity index (χ2n) is 5.04. The summed E-state index contributed by atoms with van der Waals surface area (Å²) in [6.07, 6.45) is 3.32. The fourth-order valence-electron chi connectivity index (χ4n) is 2.03. The van der Waals surface area contributed by atoms with Crippen LogP contribution in [0.4, 0.5) is 0 Å². The van der Waals surface area contributed by atoms with Crippen molar-refractivity contribution in [1.82, 2.24) is 0 Å². The summed E-state index contributed by atoms with van der Waals surface area (Å²) in [7, 11) is 3.34. The van der Waals surface area contributed by atoms with Gasteiger partial charge < -0.3 is 15.2 Å². The normalized spacial score (nSPS) is 12.6. The van der Waals surface area contributed by atoms with Gasteiger partial charge in [-0.15, -0.1) is 0 Å². The van der Waals surface area contributed by atoms with E-state index in [9.17, 15) is 0 Å². The minimum Gasteiger partial charge on any atom is -0.497 e. The van der Waals surface area contributed by atoms with Gasteiger partial charge in [0.15, 0.2) is 0 Å². The number of nitrogens with two attached hydrogens (primary N) is 1. The first-order chi connectivity index (χ1) is 8.58. The number of benzene rings is 1. The third-order valence-corrected chi connectivity index (χ3v) is 3.13. The Hall–Kier alpha value is -1.22. The number of ether oxygens (including phenoxy) is 2. The highest BCUT2D eigenvalue weighted by Crippen LogP contribution is 2.30. The first-order valence-corrected chi connectivity index (χ1v) is 6.56. The summed E-state index contributed by atoms with van der Waals surface area (Å²) in [5.41, 5.74) is 7.27. The lowest BCUT2D eigenvalue weighted by Crippen LogP contribution is -2.12. The van der Waals surface area contributed by atoms with E-state index in [1.807, 2.05) is 18.2 Å². The van der Waals surface area contributed by atoms with Crippen molar-refractivity contribution < 1.29 is 9.47 Å². The Labute approximate surface area is 110 Å². The largest absolute Gasteiger partial charge is 0.497 e. The number of rotatable bonds is 7. The molecule has 0 aromatic heterocycles. The van der Waals surface area contributed by atoms with E-state index < -0.39 is 0 Å². The van der Waals surface area contributed by atoms with Gasteiger partial charge in [0.2, 0.25) is 0 Å². The van der Waals surface area contributed by atoms with Crippen molar-refractivity contribution >= 4 is 0 Å². The van der Waals surface area contributed by atoms with E-state index in [2.05, 4.69) is 13.8 Å². The van der Waals surface area contributed by atoms with E-state index in [0.717, 1.165) is 35.8 Å². The van der Waals surface area contributed by atoms with Crippen LogP contribution in [0.2, 0.25) is 0 Å². The molecule has 1 aromatic carbocycles. The Morgan fingerprint density at radius 2 is 1.83 bits per heavy atom. The molecular formula is C15H25NO2. The molecule has 0 spiro atoms. The van der Waals surface area contributed by atoms with Crippen LogP contribution >= 0.6 is 0 Å². The lowest BCUT2D eigenvalue weighted by Gasteiger charge is -2.17. The third kappa shape index (κ3) is 4.22. The monoisotopic (exact) mass is 251 g/mol. The quantitative estimate of drug-likeness (QED) is 0.806. The fraction of sp³-hybridized carbons (Fsp3) is 0.600. The predicted molar refractivity (Wildman–Crippen MR) is 75.2 cm³/mol. The second kappa shape index (κ2) is 7.27. The number of hydrogen-bond donors (Lipinski definition) is 1. The molecule has 0 fully saturated rings. The van der Waals surface area contributed by atoms with Crippen LogP contribution in [0.1, 0.15) is 44.7 Å². The topological polar surface area (TPSA) is 44.5 Å². The van der Waals surface area contributed by atoms with E-state index in [1.165, 1.54) is 6.42 Å². The zero-order valence-corrected chi connectivity index (χ0v) is 11.9. The van der Waals surface area contributed by atoms with Crippen LogP contribution < -0.4 is 15.2 Å². The van der Waals surface area contributed by atoms with Gasteiger partial charge in [0, 0.05) is 11.6 Å². The van der Waals surface area contributed by atoms with E-state index in [0.29, 0.717) is 0 Å². The summed E-state index contributed by atoms with van der Waals surface area (Å²) < 4.78 is 10.6. The molecule has 0 aliphatic carbocycles. The third-order valence-electron chi connectivity index (χ3n) is 3.13. The van der Waals surface area contributed by atoms with Crippen LogP contribution in [0.25, 0.3) is 0 Å². The molecule has 2 N–H and O–H groups in total. The molecule has 3 heteroatoms. The molecule has 102 valence electrons. The van der Waals surface area contributed by atoms with E-state index in [-0.39, 0.29) is 6.04 Å². The van der Waals surface area contributed by atoms with E-state index in [4.69, 9.17) is 15.2 Å². The van der Waals surface area contributed by atoms with Gasteiger partial charge in [-0.25, -0.2) is 0 Å². The standard InChI is InChI=1S/C15H25NO2/c1-11(2)6-5-7-14(16)13-10-12(17-3)8-9-15(13)18-4/h8-11,14H,5-7,16H2,1-4H3. The molecule has 0 radical (unpaired) electrons. The van der Waals surface area contributed by atoms with E-state index in [1.54, 1.807) is 14.2 Å². The highest BCUT2D eigenvalue weighted by Gasteiger charge is 2.13. The summed E-state index contributed by atoms with van der Waals surface area (Å²) in [6, 6.07) is 5.78. The van der Waals surface area contributed by atoms with Crippen molar-refractivity contribution in [3.05, 3.63) is 23.8 Å². The molecule has 0 aliphatic rings. The average Bonchev–Trinajstić information content (AvgIpc) is 2.37. The van der Waals surface area contributed by atoms with Gasteiger partial charge in [0.1, 0.15) is 11.5 Å². The van der Waals surface area contributed by atoms with Gasteiger partial charge in [-0.2, -0.15) is 0 Å². The SMILES string of the molecule is COc1ccc(OC)c(C(N)CCCC(C)C)c1. The lowest BCUT2D eigenvalue weighted by molar-refractivity contribution is 0.392. The Kier molecular flexibility index (Phi) is 5.99. The first kappa shape index (κ1) is 14.8. The maximum absolute atomic E-state index is 6.25.